The van der Waals surface area contributed by atoms with Crippen molar-refractivity contribution in [2.75, 3.05) is 48.5 Å². The molecule has 2 aliphatic heterocycles. The predicted octanol–water partition coefficient (Wildman–Crippen LogP) is 3.96. The SMILES string of the molecule is COC(C)(C)C1CC(C(=O)N2Cc3cccnc3Nc3ccc(N4CCOCC4)cc32)C1. The van der Waals surface area contributed by atoms with Gasteiger partial charge in [-0.15, -0.1) is 0 Å². The second kappa shape index (κ2) is 8.37. The number of carbonyl (C=O) groups is 1. The number of carbonyl (C=O) groups excluding carboxylic acids is 1. The second-order valence-corrected chi connectivity index (χ2v) is 9.53. The molecule has 5 rings (SSSR count). The summed E-state index contributed by atoms with van der Waals surface area (Å²) in [7, 11) is 1.75. The topological polar surface area (TPSA) is 66.9 Å². The van der Waals surface area contributed by atoms with Gasteiger partial charge in [0.15, 0.2) is 0 Å². The Kier molecular flexibility index (Phi) is 5.55. The number of pyridine rings is 1. The number of hydrogen-bond donors (Lipinski definition) is 1. The molecule has 2 fully saturated rings. The molecule has 7 nitrogen and oxygen atoms in total. The van der Waals surface area contributed by atoms with Crippen LogP contribution < -0.4 is 15.1 Å². The lowest BCUT2D eigenvalue weighted by molar-refractivity contribution is -0.133. The van der Waals surface area contributed by atoms with Gasteiger partial charge in [-0.3, -0.25) is 4.79 Å². The van der Waals surface area contributed by atoms with Crippen molar-refractivity contribution < 1.29 is 14.3 Å². The number of amides is 1. The smallest absolute Gasteiger partial charge is 0.230 e. The Hall–Kier alpha value is -2.64. The highest BCUT2D eigenvalue weighted by atomic mass is 16.5. The molecule has 0 atom stereocenters. The molecule has 1 aliphatic carbocycles. The molecule has 2 aromatic rings. The molecular formula is C25H32N4O3. The third kappa shape index (κ3) is 3.84. The third-order valence-electron chi connectivity index (χ3n) is 7.38. The van der Waals surface area contributed by atoms with Gasteiger partial charge < -0.3 is 24.6 Å². The molecule has 1 N–H and O–H groups in total. The molecule has 1 saturated carbocycles. The number of nitrogens with zero attached hydrogens (tertiary/aromatic N) is 3. The summed E-state index contributed by atoms with van der Waals surface area (Å²) in [6.45, 7) is 7.92. The van der Waals surface area contributed by atoms with Crippen LogP contribution in [0.2, 0.25) is 0 Å². The van der Waals surface area contributed by atoms with Crippen LogP contribution >= 0.6 is 0 Å². The Morgan fingerprint density at radius 3 is 2.75 bits per heavy atom. The average molecular weight is 437 g/mol. The lowest BCUT2D eigenvalue weighted by atomic mass is 9.67. The highest BCUT2D eigenvalue weighted by molar-refractivity contribution is 6.00. The molecule has 1 aromatic carbocycles. The number of aromatic nitrogens is 1. The molecule has 3 aliphatic rings. The number of anilines is 4. The molecule has 1 amide bonds. The van der Waals surface area contributed by atoms with Gasteiger partial charge in [-0.1, -0.05) is 6.07 Å². The molecule has 0 spiro atoms. The van der Waals surface area contributed by atoms with Crippen LogP contribution in [0.4, 0.5) is 22.9 Å². The molecule has 0 bridgehead atoms. The molecule has 0 unspecified atom stereocenters. The van der Waals surface area contributed by atoms with Crippen LogP contribution in [0.3, 0.4) is 0 Å². The summed E-state index contributed by atoms with van der Waals surface area (Å²) in [5.74, 6) is 1.43. The zero-order valence-corrected chi connectivity index (χ0v) is 19.1. The van der Waals surface area contributed by atoms with Crippen LogP contribution in [0.15, 0.2) is 36.5 Å². The van der Waals surface area contributed by atoms with Crippen molar-refractivity contribution in [2.24, 2.45) is 11.8 Å². The van der Waals surface area contributed by atoms with Gasteiger partial charge in [0.25, 0.3) is 0 Å². The zero-order chi connectivity index (χ0) is 22.3. The van der Waals surface area contributed by atoms with Crippen molar-refractivity contribution in [3.05, 3.63) is 42.1 Å². The number of morpholine rings is 1. The van der Waals surface area contributed by atoms with Crippen molar-refractivity contribution in [3.8, 4) is 0 Å². The summed E-state index contributed by atoms with van der Waals surface area (Å²) in [4.78, 5) is 22.6. The molecule has 32 heavy (non-hydrogen) atoms. The lowest BCUT2D eigenvalue weighted by Crippen LogP contribution is -2.48. The van der Waals surface area contributed by atoms with Crippen molar-refractivity contribution in [1.82, 2.24) is 4.98 Å². The van der Waals surface area contributed by atoms with E-state index in [0.717, 1.165) is 67.6 Å². The number of hydrogen-bond acceptors (Lipinski definition) is 6. The van der Waals surface area contributed by atoms with Gasteiger partial charge in [0.2, 0.25) is 5.91 Å². The maximum absolute atomic E-state index is 13.8. The molecule has 1 saturated heterocycles. The Labute approximate surface area is 189 Å². The van der Waals surface area contributed by atoms with Crippen LogP contribution in [0.25, 0.3) is 0 Å². The first-order valence-electron chi connectivity index (χ1n) is 11.5. The number of nitrogens with one attached hydrogen (secondary N) is 1. The summed E-state index contributed by atoms with van der Waals surface area (Å²) >= 11 is 0. The van der Waals surface area contributed by atoms with Crippen molar-refractivity contribution in [2.45, 2.75) is 38.8 Å². The molecule has 3 heterocycles. The number of benzene rings is 1. The van der Waals surface area contributed by atoms with E-state index in [0.29, 0.717) is 12.5 Å². The summed E-state index contributed by atoms with van der Waals surface area (Å²) in [6.07, 6.45) is 3.51. The monoisotopic (exact) mass is 436 g/mol. The summed E-state index contributed by atoms with van der Waals surface area (Å²) in [5, 5.41) is 3.47. The van der Waals surface area contributed by atoms with Crippen LogP contribution in [0.5, 0.6) is 0 Å². The van der Waals surface area contributed by atoms with Crippen molar-refractivity contribution in [1.29, 1.82) is 0 Å². The van der Waals surface area contributed by atoms with E-state index in [1.165, 1.54) is 0 Å². The average Bonchev–Trinajstić information content (AvgIpc) is 2.94. The largest absolute Gasteiger partial charge is 0.379 e. The molecule has 7 heteroatoms. The van der Waals surface area contributed by atoms with Crippen molar-refractivity contribution >= 4 is 28.8 Å². The first-order valence-corrected chi connectivity index (χ1v) is 11.5. The Balaban J connectivity index is 1.46. The van der Waals surface area contributed by atoms with E-state index in [1.807, 2.05) is 17.0 Å². The maximum Gasteiger partial charge on any atom is 0.230 e. The van der Waals surface area contributed by atoms with E-state index in [4.69, 9.17) is 9.47 Å². The number of ether oxygens (including phenoxy) is 2. The van der Waals surface area contributed by atoms with Crippen LogP contribution in [-0.2, 0) is 20.8 Å². The highest BCUT2D eigenvalue weighted by Gasteiger charge is 2.45. The van der Waals surface area contributed by atoms with Crippen LogP contribution in [0.1, 0.15) is 32.3 Å². The first kappa shape index (κ1) is 21.2. The lowest BCUT2D eigenvalue weighted by Gasteiger charge is -2.45. The van der Waals surface area contributed by atoms with Crippen LogP contribution in [-0.4, -0.2) is 49.9 Å². The third-order valence-corrected chi connectivity index (χ3v) is 7.38. The Morgan fingerprint density at radius 1 is 1.22 bits per heavy atom. The number of methoxy groups -OCH3 is 1. The van der Waals surface area contributed by atoms with Crippen molar-refractivity contribution in [3.63, 3.8) is 0 Å². The minimum absolute atomic E-state index is 0.0209. The first-order chi connectivity index (χ1) is 15.5. The minimum atomic E-state index is -0.199. The van der Waals surface area contributed by atoms with Gasteiger partial charge in [-0.25, -0.2) is 4.98 Å². The van der Waals surface area contributed by atoms with Gasteiger partial charge >= 0.3 is 0 Å². The Bertz CT molecular complexity index is 996. The Morgan fingerprint density at radius 2 is 2.00 bits per heavy atom. The number of fused-ring (bicyclic) bond motifs is 2. The summed E-state index contributed by atoms with van der Waals surface area (Å²) in [5.41, 5.74) is 3.79. The standard InChI is InChI=1S/C25H32N4O3/c1-25(2,31-3)19-13-18(14-19)24(30)29-16-17-5-4-8-26-23(17)27-21-7-6-20(15-22(21)29)28-9-11-32-12-10-28/h4-8,15,18-19H,9-14,16H2,1-3H3,(H,26,27). The van der Waals surface area contributed by atoms with Crippen LogP contribution in [0, 0.1) is 11.8 Å². The van der Waals surface area contributed by atoms with Gasteiger partial charge in [-0.05, 0) is 56.9 Å². The molecule has 1 aromatic heterocycles. The second-order valence-electron chi connectivity index (χ2n) is 9.53. The van der Waals surface area contributed by atoms with E-state index in [2.05, 4.69) is 47.2 Å². The van der Waals surface area contributed by atoms with Gasteiger partial charge in [0.05, 0.1) is 36.7 Å². The summed E-state index contributed by atoms with van der Waals surface area (Å²) < 4.78 is 11.2. The van der Waals surface area contributed by atoms with E-state index >= 15 is 0 Å². The highest BCUT2D eigenvalue weighted by Crippen LogP contribution is 2.45. The fourth-order valence-corrected chi connectivity index (χ4v) is 4.90. The molecular weight excluding hydrogens is 404 g/mol. The van der Waals surface area contributed by atoms with Gasteiger partial charge in [0, 0.05) is 43.6 Å². The van der Waals surface area contributed by atoms with Gasteiger partial charge in [0.1, 0.15) is 5.82 Å². The predicted molar refractivity (Wildman–Crippen MR) is 125 cm³/mol. The normalized spacial score (nSPS) is 22.8. The van der Waals surface area contributed by atoms with E-state index in [-0.39, 0.29) is 17.4 Å². The molecule has 170 valence electrons. The number of rotatable bonds is 4. The quantitative estimate of drug-likeness (QED) is 0.783. The summed E-state index contributed by atoms with van der Waals surface area (Å²) in [6, 6.07) is 10.3. The van der Waals surface area contributed by atoms with E-state index < -0.39 is 0 Å². The zero-order valence-electron chi connectivity index (χ0n) is 19.1. The fourth-order valence-electron chi connectivity index (χ4n) is 4.90. The van der Waals surface area contributed by atoms with E-state index in [1.54, 1.807) is 13.3 Å². The van der Waals surface area contributed by atoms with E-state index in [9.17, 15) is 4.79 Å². The maximum atomic E-state index is 13.8. The fraction of sp³-hybridized carbons (Fsp3) is 0.520. The van der Waals surface area contributed by atoms with Gasteiger partial charge in [-0.2, -0.15) is 0 Å². The minimum Gasteiger partial charge on any atom is -0.379 e. The molecule has 0 radical (unpaired) electrons.